The molecule has 0 spiro atoms. The monoisotopic (exact) mass is 1480 g/mol. The summed E-state index contributed by atoms with van der Waals surface area (Å²) in [5.74, 6) is 15.7. The number of hydrogen-bond donors (Lipinski definition) is 0. The molecule has 0 atom stereocenters. The molecule has 0 N–H and O–H groups in total. The van der Waals surface area contributed by atoms with E-state index in [0.717, 1.165) is 59.8 Å². The van der Waals surface area contributed by atoms with Crippen molar-refractivity contribution in [3.63, 3.8) is 0 Å². The summed E-state index contributed by atoms with van der Waals surface area (Å²) in [7, 11) is 0. The van der Waals surface area contributed by atoms with Crippen molar-refractivity contribution in [2.45, 2.75) is 451 Å². The van der Waals surface area contributed by atoms with E-state index < -0.39 is 0 Å². The summed E-state index contributed by atoms with van der Waals surface area (Å²) in [6.07, 6.45) is 91.5. The molecule has 0 aliphatic carbocycles. The molecular weight excluding hydrogens is 1310 g/mol. The van der Waals surface area contributed by atoms with Crippen LogP contribution in [0.15, 0.2) is 97.1 Å². The minimum atomic E-state index is 0.779. The summed E-state index contributed by atoms with van der Waals surface area (Å²) in [5.41, 5.74) is 6.97. The number of anilines is 2. The Morgan fingerprint density at radius 3 is 0.500 bits per heavy atom. The van der Waals surface area contributed by atoms with Crippen LogP contribution in [0.4, 0.5) is 11.4 Å². The maximum absolute atomic E-state index is 6.16. The lowest BCUT2D eigenvalue weighted by Crippen LogP contribution is -2.25. The zero-order valence-corrected chi connectivity index (χ0v) is 71.9. The van der Waals surface area contributed by atoms with Gasteiger partial charge in [-0.05, 0) is 136 Å². The van der Waals surface area contributed by atoms with E-state index in [4.69, 9.17) is 9.47 Å². The summed E-state index contributed by atoms with van der Waals surface area (Å²) in [6, 6.07) is 35.1. The van der Waals surface area contributed by atoms with Crippen molar-refractivity contribution in [3.05, 3.63) is 119 Å². The predicted octanol–water partition coefficient (Wildman–Crippen LogP) is 33.4. The van der Waals surface area contributed by atoms with Crippen LogP contribution in [0.5, 0.6) is 11.5 Å². The maximum Gasteiger partial charge on any atom is 0.119 e. The maximum atomic E-state index is 6.16. The fourth-order valence-corrected chi connectivity index (χ4v) is 15.8. The first kappa shape index (κ1) is 95.6. The Morgan fingerprint density at radius 1 is 0.176 bits per heavy atom. The average Bonchev–Trinajstić information content (AvgIpc) is 0.880. The van der Waals surface area contributed by atoms with E-state index in [-0.39, 0.29) is 0 Å². The first-order valence-corrected chi connectivity index (χ1v) is 47.8. The molecule has 0 saturated carbocycles. The van der Waals surface area contributed by atoms with E-state index >= 15 is 0 Å². The second-order valence-corrected chi connectivity index (χ2v) is 33.2. The van der Waals surface area contributed by atoms with Crippen molar-refractivity contribution in [2.24, 2.45) is 0 Å². The molecule has 0 unspecified atom stereocenters. The van der Waals surface area contributed by atoms with E-state index in [9.17, 15) is 0 Å². The van der Waals surface area contributed by atoms with E-state index in [1.54, 1.807) is 0 Å². The lowest BCUT2D eigenvalue weighted by Gasteiger charge is -2.25. The number of nitrogens with zero attached hydrogens (tertiary/aromatic N) is 2. The molecule has 0 bridgehead atoms. The molecule has 0 aliphatic rings. The van der Waals surface area contributed by atoms with Gasteiger partial charge in [-0.25, -0.2) is 0 Å². The van der Waals surface area contributed by atoms with Gasteiger partial charge in [0.1, 0.15) is 11.5 Å². The first-order valence-electron chi connectivity index (χ1n) is 47.8. The molecule has 4 heteroatoms. The van der Waals surface area contributed by atoms with Crippen LogP contribution in [0.3, 0.4) is 0 Å². The zero-order valence-electron chi connectivity index (χ0n) is 71.9. The van der Waals surface area contributed by atoms with Gasteiger partial charge < -0.3 is 19.3 Å². The van der Waals surface area contributed by atoms with Gasteiger partial charge in [-0.1, -0.05) is 437 Å². The molecule has 0 aliphatic heterocycles. The van der Waals surface area contributed by atoms with Gasteiger partial charge in [0, 0.05) is 59.8 Å². The normalized spacial score (nSPS) is 11.3. The van der Waals surface area contributed by atoms with Crippen molar-refractivity contribution in [2.75, 3.05) is 49.2 Å². The Bertz CT molecular complexity index is 2400. The van der Waals surface area contributed by atoms with Crippen molar-refractivity contribution in [3.8, 4) is 35.2 Å². The molecule has 0 aromatic heterocycles. The van der Waals surface area contributed by atoms with Crippen LogP contribution in [0.2, 0.25) is 0 Å². The van der Waals surface area contributed by atoms with Gasteiger partial charge in [-0.2, -0.15) is 0 Å². The second kappa shape index (κ2) is 73.7. The fraction of sp³-hybridized carbons (Fsp3) is 0.731. The van der Waals surface area contributed by atoms with Crippen molar-refractivity contribution < 1.29 is 9.47 Å². The van der Waals surface area contributed by atoms with Gasteiger partial charge in [0.2, 0.25) is 0 Å². The predicted molar refractivity (Wildman–Crippen MR) is 481 cm³/mol. The van der Waals surface area contributed by atoms with Gasteiger partial charge in [0.15, 0.2) is 0 Å². The summed E-state index contributed by atoms with van der Waals surface area (Å²) >= 11 is 0. The molecule has 0 saturated heterocycles. The highest BCUT2D eigenvalue weighted by molar-refractivity contribution is 5.53. The molecule has 4 aromatic carbocycles. The smallest absolute Gasteiger partial charge is 0.119 e. The van der Waals surface area contributed by atoms with Gasteiger partial charge in [-0.3, -0.25) is 0 Å². The fourth-order valence-electron chi connectivity index (χ4n) is 15.8. The van der Waals surface area contributed by atoms with Crippen molar-refractivity contribution in [1.29, 1.82) is 0 Å². The van der Waals surface area contributed by atoms with E-state index in [1.165, 1.54) is 448 Å². The molecule has 610 valence electrons. The van der Waals surface area contributed by atoms with Crippen LogP contribution in [0.1, 0.15) is 474 Å². The van der Waals surface area contributed by atoms with Crippen LogP contribution >= 0.6 is 0 Å². The minimum Gasteiger partial charge on any atom is -0.494 e. The zero-order chi connectivity index (χ0) is 76.2. The van der Waals surface area contributed by atoms with Gasteiger partial charge >= 0.3 is 0 Å². The third-order valence-corrected chi connectivity index (χ3v) is 23.1. The third-order valence-electron chi connectivity index (χ3n) is 23.1. The Labute approximate surface area is 672 Å². The van der Waals surface area contributed by atoms with Crippen LogP contribution in [-0.2, 0) is 0 Å². The molecule has 0 heterocycles. The SMILES string of the molecule is CCCCCCCCCCCCCCCCN(CCCCCCCCCCCCCCCC)c1ccc(C#Cc2ccc(OCCCCCCCCCCCCOc3ccc(C#Cc4ccc(N(CCCCCCCCCCCCCCCC)CCCCCCCCCCCCCCCC)cc4)cc3)cc2)cc1. The van der Waals surface area contributed by atoms with Crippen molar-refractivity contribution >= 4 is 11.4 Å². The highest BCUT2D eigenvalue weighted by Gasteiger charge is 2.11. The van der Waals surface area contributed by atoms with E-state index in [2.05, 4.69) is 158 Å². The Kier molecular flexibility index (Phi) is 65.2. The Hall–Kier alpha value is -4.80. The standard InChI is InChI=1S/C104H172N2O2/c1-5-9-13-17-21-25-29-33-37-41-47-53-59-65-91-105(92-66-60-54-48-42-38-34-30-26-22-18-14-10-6-2)101-83-75-97(76-84-101)71-73-99-79-87-103(88-80-99)107-95-69-63-57-51-45-46-52-58-64-70-96-108-104-89-81-100(82-90-104)74-72-98-77-85-102(86-78-98)106(93-67-61-55-49-43-39-35-31-27-23-19-15-11-7-3)94-68-62-56-50-44-40-36-32-28-24-20-16-12-8-4/h75-90H,5-70,91-96H2,1-4H3. The van der Waals surface area contributed by atoms with Crippen LogP contribution < -0.4 is 19.3 Å². The Balaban J connectivity index is 1.04. The first-order chi connectivity index (χ1) is 53.6. The second-order valence-electron chi connectivity index (χ2n) is 33.2. The summed E-state index contributed by atoms with van der Waals surface area (Å²) < 4.78 is 12.3. The number of unbranched alkanes of at least 4 members (excludes halogenated alkanes) is 61. The van der Waals surface area contributed by atoms with Crippen molar-refractivity contribution in [1.82, 2.24) is 0 Å². The molecule has 0 amide bonds. The molecule has 4 nitrogen and oxygen atoms in total. The quantitative estimate of drug-likeness (QED) is 0.0325. The lowest BCUT2D eigenvalue weighted by atomic mass is 10.0. The largest absolute Gasteiger partial charge is 0.494 e. The summed E-state index contributed by atoms with van der Waals surface area (Å²) in [5, 5.41) is 0. The number of rotatable bonds is 77. The third kappa shape index (κ3) is 56.4. The number of benzene rings is 4. The molecule has 0 radical (unpaired) electrons. The van der Waals surface area contributed by atoms with E-state index in [1.807, 2.05) is 0 Å². The van der Waals surface area contributed by atoms with E-state index in [0.29, 0.717) is 0 Å². The minimum absolute atomic E-state index is 0.779. The highest BCUT2D eigenvalue weighted by atomic mass is 16.5. The molecule has 4 aromatic rings. The van der Waals surface area contributed by atoms with Gasteiger partial charge in [0.05, 0.1) is 13.2 Å². The van der Waals surface area contributed by atoms with Gasteiger partial charge in [0.25, 0.3) is 0 Å². The molecular formula is C104H172N2O2. The van der Waals surface area contributed by atoms with Gasteiger partial charge in [-0.15, -0.1) is 0 Å². The topological polar surface area (TPSA) is 24.9 Å². The van der Waals surface area contributed by atoms with Crippen LogP contribution in [0.25, 0.3) is 0 Å². The number of hydrogen-bond acceptors (Lipinski definition) is 4. The average molecular weight is 1480 g/mol. The summed E-state index contributed by atoms with van der Waals surface area (Å²) in [6.45, 7) is 15.5. The highest BCUT2D eigenvalue weighted by Crippen LogP contribution is 2.25. The van der Waals surface area contributed by atoms with Crippen LogP contribution in [0, 0.1) is 23.7 Å². The molecule has 108 heavy (non-hydrogen) atoms. The lowest BCUT2D eigenvalue weighted by molar-refractivity contribution is 0.303. The molecule has 4 rings (SSSR count). The summed E-state index contributed by atoms with van der Waals surface area (Å²) in [4.78, 5) is 5.36. The van der Waals surface area contributed by atoms with Crippen LogP contribution in [-0.4, -0.2) is 39.4 Å². The Morgan fingerprint density at radius 2 is 0.324 bits per heavy atom. The number of ether oxygens (including phenoxy) is 2. The molecule has 0 fully saturated rings.